The van der Waals surface area contributed by atoms with Crippen molar-refractivity contribution in [1.82, 2.24) is 0 Å². The minimum absolute atomic E-state index is 0.196. The lowest BCUT2D eigenvalue weighted by molar-refractivity contribution is 1.02. The summed E-state index contributed by atoms with van der Waals surface area (Å²) in [7, 11) is 0. The highest BCUT2D eigenvalue weighted by molar-refractivity contribution is 6.09. The third kappa shape index (κ3) is 2.89. The lowest BCUT2D eigenvalue weighted by Crippen LogP contribution is -2.07. The first kappa shape index (κ1) is 21.0. The minimum Gasteiger partial charge on any atom is -0.0619 e. The van der Waals surface area contributed by atoms with Crippen LogP contribution >= 0.6 is 0 Å². The van der Waals surface area contributed by atoms with Crippen LogP contribution in [0.2, 0.25) is 0 Å². The second kappa shape index (κ2) is 7.79. The van der Waals surface area contributed by atoms with Crippen molar-refractivity contribution in [2.24, 2.45) is 0 Å². The Hall–Kier alpha value is -4.94. The van der Waals surface area contributed by atoms with Crippen LogP contribution in [0, 0.1) is 0 Å². The Labute approximate surface area is 227 Å². The van der Waals surface area contributed by atoms with Gasteiger partial charge in [-0.25, -0.2) is 0 Å². The van der Waals surface area contributed by atoms with Crippen LogP contribution in [0.15, 0.2) is 140 Å². The summed E-state index contributed by atoms with van der Waals surface area (Å²) in [6.45, 7) is 0. The monoisotopic (exact) mass is 492 g/mol. The Bertz CT molecular complexity index is 2080. The Kier molecular flexibility index (Phi) is 4.20. The van der Waals surface area contributed by atoms with Crippen molar-refractivity contribution < 1.29 is 0 Å². The molecule has 0 aromatic heterocycles. The average Bonchev–Trinajstić information content (AvgIpc) is 3.32. The van der Waals surface area contributed by atoms with E-state index < -0.39 is 0 Å². The second-order valence-corrected chi connectivity index (χ2v) is 10.9. The van der Waals surface area contributed by atoms with Gasteiger partial charge in [0.05, 0.1) is 0 Å². The summed E-state index contributed by atoms with van der Waals surface area (Å²) in [4.78, 5) is 0. The van der Waals surface area contributed by atoms with Crippen LogP contribution in [0.4, 0.5) is 0 Å². The fourth-order valence-electron chi connectivity index (χ4n) is 7.12. The Morgan fingerprint density at radius 2 is 0.795 bits per heavy atom. The van der Waals surface area contributed by atoms with E-state index in [1.54, 1.807) is 0 Å². The van der Waals surface area contributed by atoms with E-state index in [4.69, 9.17) is 0 Å². The maximum atomic E-state index is 2.50. The van der Waals surface area contributed by atoms with Gasteiger partial charge in [-0.1, -0.05) is 115 Å². The highest BCUT2D eigenvalue weighted by Crippen LogP contribution is 2.55. The van der Waals surface area contributed by atoms with Gasteiger partial charge in [0.25, 0.3) is 0 Å². The first-order valence-corrected chi connectivity index (χ1v) is 13.7. The summed E-state index contributed by atoms with van der Waals surface area (Å²) < 4.78 is 0. The third-order valence-electron chi connectivity index (χ3n) is 8.88. The SMILES string of the molecule is c1ccc2c(c1)-c1cc(-c3cccc4cc5ccccc5cc34)c(C3c4ccccc4-c4ccccc43)cc1-2. The summed E-state index contributed by atoms with van der Waals surface area (Å²) in [6.07, 6.45) is 0. The smallest absolute Gasteiger partial charge is 0.0358 e. The van der Waals surface area contributed by atoms with Gasteiger partial charge in [-0.15, -0.1) is 0 Å². The molecule has 0 fully saturated rings. The van der Waals surface area contributed by atoms with Gasteiger partial charge in [-0.3, -0.25) is 0 Å². The standard InChI is InChI=1S/C39H24/c1-2-11-25-21-34-26(20-24(25)10-1)12-9-19-31(34)37-22-35-29-15-3-4-16-30(29)36(35)23-38(37)39-32-17-7-5-13-27(32)28-14-6-8-18-33(28)39/h1-23,39H. The maximum Gasteiger partial charge on any atom is 0.0358 e. The topological polar surface area (TPSA) is 0 Å². The average molecular weight is 493 g/mol. The highest BCUT2D eigenvalue weighted by atomic mass is 14.4. The van der Waals surface area contributed by atoms with Crippen LogP contribution in [-0.2, 0) is 0 Å². The molecule has 2 aliphatic carbocycles. The third-order valence-corrected chi connectivity index (χ3v) is 8.88. The van der Waals surface area contributed by atoms with Gasteiger partial charge in [-0.05, 0) is 107 Å². The number of benzene rings is 7. The highest BCUT2D eigenvalue weighted by Gasteiger charge is 2.34. The van der Waals surface area contributed by atoms with Crippen molar-refractivity contribution in [2.45, 2.75) is 5.92 Å². The van der Waals surface area contributed by atoms with Gasteiger partial charge < -0.3 is 0 Å². The van der Waals surface area contributed by atoms with E-state index in [1.807, 2.05) is 0 Å². The van der Waals surface area contributed by atoms with Crippen LogP contribution in [0.1, 0.15) is 22.6 Å². The van der Waals surface area contributed by atoms with Crippen LogP contribution in [0.5, 0.6) is 0 Å². The Morgan fingerprint density at radius 3 is 1.49 bits per heavy atom. The Morgan fingerprint density at radius 1 is 0.282 bits per heavy atom. The van der Waals surface area contributed by atoms with Gasteiger partial charge in [0.15, 0.2) is 0 Å². The molecule has 0 spiro atoms. The molecule has 7 aromatic carbocycles. The maximum absolute atomic E-state index is 2.50. The van der Waals surface area contributed by atoms with Crippen LogP contribution in [0.25, 0.3) is 66.1 Å². The number of hydrogen-bond acceptors (Lipinski definition) is 0. The van der Waals surface area contributed by atoms with E-state index in [1.165, 1.54) is 82.7 Å². The molecule has 0 saturated heterocycles. The molecule has 0 amide bonds. The van der Waals surface area contributed by atoms with Crippen LogP contribution < -0.4 is 0 Å². The number of rotatable bonds is 2. The summed E-state index contributed by atoms with van der Waals surface area (Å²) in [5, 5.41) is 5.16. The zero-order chi connectivity index (χ0) is 25.5. The molecule has 0 aliphatic heterocycles. The lowest BCUT2D eigenvalue weighted by atomic mass is 9.74. The fourth-order valence-corrected chi connectivity index (χ4v) is 7.12. The lowest BCUT2D eigenvalue weighted by Gasteiger charge is -2.29. The summed E-state index contributed by atoms with van der Waals surface area (Å²) in [5.74, 6) is 0.196. The second-order valence-electron chi connectivity index (χ2n) is 10.9. The van der Waals surface area contributed by atoms with Crippen LogP contribution in [0.3, 0.4) is 0 Å². The van der Waals surface area contributed by atoms with Crippen molar-refractivity contribution in [3.05, 3.63) is 156 Å². The van der Waals surface area contributed by atoms with Crippen molar-refractivity contribution in [3.63, 3.8) is 0 Å². The normalized spacial score (nSPS) is 13.0. The van der Waals surface area contributed by atoms with E-state index in [0.717, 1.165) is 0 Å². The van der Waals surface area contributed by atoms with Gasteiger partial charge in [0.1, 0.15) is 0 Å². The minimum atomic E-state index is 0.196. The van der Waals surface area contributed by atoms with Crippen molar-refractivity contribution in [1.29, 1.82) is 0 Å². The molecule has 9 rings (SSSR count). The molecular formula is C39H24. The zero-order valence-electron chi connectivity index (χ0n) is 21.4. The molecule has 2 aliphatic rings. The fraction of sp³-hybridized carbons (Fsp3) is 0.0256. The summed E-state index contributed by atoms with van der Waals surface area (Å²) in [6, 6.07) is 52.0. The molecule has 0 heteroatoms. The van der Waals surface area contributed by atoms with Crippen molar-refractivity contribution in [2.75, 3.05) is 0 Å². The first-order chi connectivity index (χ1) is 19.3. The number of fused-ring (bicyclic) bond motifs is 9. The Balaban J connectivity index is 1.38. The molecule has 0 nitrogen and oxygen atoms in total. The van der Waals surface area contributed by atoms with Gasteiger partial charge in [-0.2, -0.15) is 0 Å². The van der Waals surface area contributed by atoms with E-state index in [9.17, 15) is 0 Å². The van der Waals surface area contributed by atoms with Gasteiger partial charge in [0, 0.05) is 5.92 Å². The van der Waals surface area contributed by atoms with Crippen molar-refractivity contribution >= 4 is 21.5 Å². The largest absolute Gasteiger partial charge is 0.0619 e. The molecule has 0 saturated carbocycles. The van der Waals surface area contributed by atoms with Gasteiger partial charge in [0.2, 0.25) is 0 Å². The van der Waals surface area contributed by atoms with Gasteiger partial charge >= 0.3 is 0 Å². The molecule has 180 valence electrons. The van der Waals surface area contributed by atoms with E-state index in [2.05, 4.69) is 140 Å². The molecule has 7 aromatic rings. The van der Waals surface area contributed by atoms with Crippen LogP contribution in [-0.4, -0.2) is 0 Å². The van der Waals surface area contributed by atoms with E-state index in [-0.39, 0.29) is 5.92 Å². The first-order valence-electron chi connectivity index (χ1n) is 13.7. The molecular weight excluding hydrogens is 468 g/mol. The van der Waals surface area contributed by atoms with E-state index in [0.29, 0.717) is 0 Å². The molecule has 0 heterocycles. The molecule has 0 atom stereocenters. The summed E-state index contributed by atoms with van der Waals surface area (Å²) >= 11 is 0. The molecule has 0 radical (unpaired) electrons. The predicted molar refractivity (Wildman–Crippen MR) is 164 cm³/mol. The van der Waals surface area contributed by atoms with Crippen molar-refractivity contribution in [3.8, 4) is 44.5 Å². The molecule has 0 bridgehead atoms. The molecule has 0 unspecified atom stereocenters. The summed E-state index contributed by atoms with van der Waals surface area (Å²) in [5.41, 5.74) is 15.0. The zero-order valence-corrected chi connectivity index (χ0v) is 21.4. The van der Waals surface area contributed by atoms with E-state index >= 15 is 0 Å². The predicted octanol–water partition coefficient (Wildman–Crippen LogP) is 10.5. The quantitative estimate of drug-likeness (QED) is 0.211. The molecule has 0 N–H and O–H groups in total. The number of hydrogen-bond donors (Lipinski definition) is 0. The molecule has 39 heavy (non-hydrogen) atoms.